The highest BCUT2D eigenvalue weighted by atomic mass is 32.1. The summed E-state index contributed by atoms with van der Waals surface area (Å²) in [4.78, 5) is 25.4. The molecule has 200 valence electrons. The van der Waals surface area contributed by atoms with Gasteiger partial charge in [0.2, 0.25) is 11.7 Å². The molecule has 1 amide bonds. The minimum absolute atomic E-state index is 0.232. The van der Waals surface area contributed by atoms with Crippen LogP contribution in [0, 0.1) is 6.92 Å². The van der Waals surface area contributed by atoms with E-state index in [1.54, 1.807) is 36.1 Å². The summed E-state index contributed by atoms with van der Waals surface area (Å²) >= 11 is 1.45. The molecule has 1 fully saturated rings. The maximum atomic E-state index is 13.8. The summed E-state index contributed by atoms with van der Waals surface area (Å²) in [6.07, 6.45) is 0.838. The highest BCUT2D eigenvalue weighted by Crippen LogP contribution is 2.41. The number of rotatable bonds is 5. The van der Waals surface area contributed by atoms with Crippen molar-refractivity contribution in [1.29, 1.82) is 0 Å². The molecule has 1 saturated carbocycles. The van der Waals surface area contributed by atoms with Crippen molar-refractivity contribution in [2.24, 2.45) is 0 Å². The predicted octanol–water partition coefficient (Wildman–Crippen LogP) is 6.52. The van der Waals surface area contributed by atoms with E-state index >= 15 is 0 Å². The van der Waals surface area contributed by atoms with Crippen molar-refractivity contribution in [1.82, 2.24) is 30.0 Å². The molecule has 3 aromatic heterocycles. The van der Waals surface area contributed by atoms with Gasteiger partial charge in [0.25, 0.3) is 5.91 Å². The number of benzene rings is 1. The molecule has 1 aromatic carbocycles. The van der Waals surface area contributed by atoms with Crippen LogP contribution in [0.15, 0.2) is 36.9 Å². The summed E-state index contributed by atoms with van der Waals surface area (Å²) in [6.45, 7) is 3.52. The van der Waals surface area contributed by atoms with Crippen molar-refractivity contribution in [2.75, 3.05) is 0 Å². The van der Waals surface area contributed by atoms with Gasteiger partial charge in [-0.3, -0.25) is 9.48 Å². The summed E-state index contributed by atoms with van der Waals surface area (Å²) in [5, 5.41) is 8.71. The van der Waals surface area contributed by atoms with E-state index in [-0.39, 0.29) is 37.3 Å². The van der Waals surface area contributed by atoms with Crippen LogP contribution < -0.4 is 5.32 Å². The zero-order valence-corrected chi connectivity index (χ0v) is 21.2. The monoisotopic (exact) mass is 550 g/mol. The van der Waals surface area contributed by atoms with Gasteiger partial charge in [0.05, 0.1) is 23.8 Å². The van der Waals surface area contributed by atoms with Gasteiger partial charge in [-0.05, 0) is 38.8 Å². The molecule has 4 aromatic rings. The lowest BCUT2D eigenvalue weighted by molar-refractivity contribution is -0.145. The number of aryl methyl sites for hydroxylation is 1. The van der Waals surface area contributed by atoms with E-state index in [9.17, 15) is 26.7 Å². The van der Waals surface area contributed by atoms with Crippen LogP contribution in [0.4, 0.5) is 22.0 Å². The zero-order chi connectivity index (χ0) is 27.2. The molecule has 1 N–H and O–H groups in total. The smallest absolute Gasteiger partial charge is 0.345 e. The third-order valence-electron chi connectivity index (χ3n) is 6.64. The lowest BCUT2D eigenvalue weighted by Gasteiger charge is -2.28. The minimum Gasteiger partial charge on any atom is -0.345 e. The second-order valence-electron chi connectivity index (χ2n) is 9.44. The standard InChI is InChI=1S/C25H23F5N6OS/c1-13-9-31-22(38-13)18-7-15(21(37)35-14(2)16-10-32-23(33-11-16)25(28,29)30)8-20-19(18)12-34-36(20)17-3-5-24(26,27)6-4-17/h7-12,14,17H,3-6H2,1-2H3,(H,35,37). The van der Waals surface area contributed by atoms with Crippen LogP contribution in [0.2, 0.25) is 0 Å². The number of aromatic nitrogens is 5. The number of carbonyl (C=O) groups is 1. The Hall–Kier alpha value is -3.48. The first kappa shape index (κ1) is 26.1. The first-order chi connectivity index (χ1) is 17.9. The second kappa shape index (κ2) is 9.68. The number of nitrogens with zero attached hydrogens (tertiary/aromatic N) is 5. The molecule has 13 heteroatoms. The molecular weight excluding hydrogens is 527 g/mol. The number of amides is 1. The predicted molar refractivity (Wildman–Crippen MR) is 131 cm³/mol. The maximum Gasteiger partial charge on any atom is 0.451 e. The van der Waals surface area contributed by atoms with Gasteiger partial charge in [-0.25, -0.2) is 23.7 Å². The third-order valence-corrected chi connectivity index (χ3v) is 7.58. The Morgan fingerprint density at radius 1 is 1.11 bits per heavy atom. The van der Waals surface area contributed by atoms with Crippen LogP contribution in [-0.2, 0) is 6.18 Å². The first-order valence-electron chi connectivity index (χ1n) is 11.9. The van der Waals surface area contributed by atoms with Crippen LogP contribution >= 0.6 is 11.3 Å². The van der Waals surface area contributed by atoms with E-state index in [2.05, 4.69) is 25.4 Å². The highest BCUT2D eigenvalue weighted by Gasteiger charge is 2.36. The molecule has 1 unspecified atom stereocenters. The Kier molecular flexibility index (Phi) is 6.66. The lowest BCUT2D eigenvalue weighted by Crippen LogP contribution is -2.28. The number of nitrogens with one attached hydrogen (secondary N) is 1. The average Bonchev–Trinajstić information content (AvgIpc) is 3.49. The Labute approximate surface area is 218 Å². The summed E-state index contributed by atoms with van der Waals surface area (Å²) in [5.41, 5.74) is 1.89. The largest absolute Gasteiger partial charge is 0.451 e. The van der Waals surface area contributed by atoms with E-state index in [0.717, 1.165) is 22.7 Å². The van der Waals surface area contributed by atoms with Gasteiger partial charge in [-0.2, -0.15) is 18.3 Å². The summed E-state index contributed by atoms with van der Waals surface area (Å²) in [5.74, 6) is -4.43. The van der Waals surface area contributed by atoms with Gasteiger partial charge in [0.15, 0.2) is 0 Å². The molecule has 1 atom stereocenters. The van der Waals surface area contributed by atoms with Crippen LogP contribution in [0.25, 0.3) is 21.5 Å². The highest BCUT2D eigenvalue weighted by molar-refractivity contribution is 7.15. The Morgan fingerprint density at radius 3 is 2.39 bits per heavy atom. The lowest BCUT2D eigenvalue weighted by atomic mass is 9.92. The third kappa shape index (κ3) is 5.24. The number of hydrogen-bond donors (Lipinski definition) is 1. The molecule has 1 aliphatic rings. The van der Waals surface area contributed by atoms with Gasteiger partial charge >= 0.3 is 6.18 Å². The molecule has 38 heavy (non-hydrogen) atoms. The van der Waals surface area contributed by atoms with Crippen LogP contribution in [-0.4, -0.2) is 36.6 Å². The van der Waals surface area contributed by atoms with Crippen LogP contribution in [0.5, 0.6) is 0 Å². The van der Waals surface area contributed by atoms with E-state index in [1.807, 2.05) is 6.92 Å². The molecule has 0 aliphatic heterocycles. The fraction of sp³-hybridized carbons (Fsp3) is 0.400. The summed E-state index contributed by atoms with van der Waals surface area (Å²) < 4.78 is 67.6. The SMILES string of the molecule is Cc1cnc(-c2cc(C(=O)NC(C)c3cnc(C(F)(F)F)nc3)cc3c2cnn3C2CCC(F)(F)CC2)s1. The summed E-state index contributed by atoms with van der Waals surface area (Å²) in [6, 6.07) is 2.42. The molecule has 3 heterocycles. The van der Waals surface area contributed by atoms with Crippen molar-refractivity contribution < 1.29 is 26.7 Å². The number of thiazole rings is 1. The summed E-state index contributed by atoms with van der Waals surface area (Å²) in [7, 11) is 0. The molecule has 0 saturated heterocycles. The number of carbonyl (C=O) groups excluding carboxylic acids is 1. The quantitative estimate of drug-likeness (QED) is 0.286. The fourth-order valence-electron chi connectivity index (χ4n) is 4.56. The average molecular weight is 551 g/mol. The molecule has 7 nitrogen and oxygen atoms in total. The van der Waals surface area contributed by atoms with Gasteiger partial charge in [0, 0.05) is 58.4 Å². The number of alkyl halides is 5. The van der Waals surface area contributed by atoms with Crippen molar-refractivity contribution in [3.63, 3.8) is 0 Å². The molecule has 0 radical (unpaired) electrons. The molecule has 1 aliphatic carbocycles. The maximum absolute atomic E-state index is 13.8. The van der Waals surface area contributed by atoms with E-state index in [0.29, 0.717) is 21.7 Å². The zero-order valence-electron chi connectivity index (χ0n) is 20.4. The molecule has 0 spiro atoms. The van der Waals surface area contributed by atoms with Gasteiger partial charge in [-0.15, -0.1) is 11.3 Å². The Balaban J connectivity index is 1.48. The number of halogens is 5. The van der Waals surface area contributed by atoms with Crippen LogP contribution in [0.1, 0.15) is 71.3 Å². The minimum atomic E-state index is -4.66. The van der Waals surface area contributed by atoms with Gasteiger partial charge in [0.1, 0.15) is 5.01 Å². The van der Waals surface area contributed by atoms with Crippen molar-refractivity contribution in [2.45, 2.75) is 63.7 Å². The first-order valence-corrected chi connectivity index (χ1v) is 12.7. The van der Waals surface area contributed by atoms with Gasteiger partial charge < -0.3 is 5.32 Å². The molecule has 0 bridgehead atoms. The van der Waals surface area contributed by atoms with E-state index in [1.165, 1.54) is 11.3 Å². The van der Waals surface area contributed by atoms with Crippen molar-refractivity contribution >= 4 is 28.1 Å². The van der Waals surface area contributed by atoms with E-state index < -0.39 is 29.9 Å². The Bertz CT molecular complexity index is 1470. The topological polar surface area (TPSA) is 85.6 Å². The normalized spacial score (nSPS) is 17.0. The van der Waals surface area contributed by atoms with E-state index in [4.69, 9.17) is 0 Å². The molecule has 5 rings (SSSR count). The van der Waals surface area contributed by atoms with Crippen molar-refractivity contribution in [3.8, 4) is 10.6 Å². The number of hydrogen-bond acceptors (Lipinski definition) is 6. The number of fused-ring (bicyclic) bond motifs is 1. The van der Waals surface area contributed by atoms with Crippen molar-refractivity contribution in [3.05, 3.63) is 58.7 Å². The van der Waals surface area contributed by atoms with Gasteiger partial charge in [-0.1, -0.05) is 0 Å². The molecular formula is C25H23F5N6OS. The Morgan fingerprint density at radius 2 is 1.79 bits per heavy atom. The second-order valence-corrected chi connectivity index (χ2v) is 10.7. The fourth-order valence-corrected chi connectivity index (χ4v) is 5.36. The van der Waals surface area contributed by atoms with Crippen LogP contribution in [0.3, 0.4) is 0 Å².